The van der Waals surface area contributed by atoms with Crippen molar-refractivity contribution in [1.29, 1.82) is 0 Å². The Hall–Kier alpha value is -1.40. The van der Waals surface area contributed by atoms with Gasteiger partial charge < -0.3 is 18.9 Å². The first-order valence-corrected chi connectivity index (χ1v) is 8.78. The molecule has 1 unspecified atom stereocenters. The molecule has 0 bridgehead atoms. The van der Waals surface area contributed by atoms with E-state index < -0.39 is 5.97 Å². The van der Waals surface area contributed by atoms with E-state index in [2.05, 4.69) is 13.5 Å². The predicted molar refractivity (Wildman–Crippen MR) is 91.7 cm³/mol. The standard InChI is InChI=1S/C18H32O6/c1-4-16(22-13-9-15-24-18(20)6-3)10-7-11-21-12-8-14-23-17(19)5-2/h6,16H,3-5,7-15H2,1-2H3. The second kappa shape index (κ2) is 16.5. The van der Waals surface area contributed by atoms with Crippen molar-refractivity contribution in [2.75, 3.05) is 33.0 Å². The number of esters is 2. The van der Waals surface area contributed by atoms with E-state index in [-0.39, 0.29) is 12.1 Å². The van der Waals surface area contributed by atoms with Crippen LogP contribution in [-0.4, -0.2) is 51.1 Å². The zero-order chi connectivity index (χ0) is 18.0. The van der Waals surface area contributed by atoms with Gasteiger partial charge >= 0.3 is 11.9 Å². The molecule has 0 N–H and O–H groups in total. The molecular weight excluding hydrogens is 312 g/mol. The summed E-state index contributed by atoms with van der Waals surface area (Å²) in [6, 6.07) is 0. The minimum atomic E-state index is -0.399. The Morgan fingerprint density at radius 3 is 2.29 bits per heavy atom. The second-order valence-electron chi connectivity index (χ2n) is 5.31. The monoisotopic (exact) mass is 344 g/mol. The summed E-state index contributed by atoms with van der Waals surface area (Å²) in [6.45, 7) is 9.83. The summed E-state index contributed by atoms with van der Waals surface area (Å²) >= 11 is 0. The number of carbonyl (C=O) groups is 2. The third-order valence-corrected chi connectivity index (χ3v) is 3.31. The Balaban J connectivity index is 3.43. The molecule has 0 spiro atoms. The number of carbonyl (C=O) groups excluding carboxylic acids is 2. The lowest BCUT2D eigenvalue weighted by Gasteiger charge is -2.16. The van der Waals surface area contributed by atoms with E-state index in [1.165, 1.54) is 0 Å². The smallest absolute Gasteiger partial charge is 0.330 e. The molecule has 0 aliphatic rings. The van der Waals surface area contributed by atoms with Crippen molar-refractivity contribution >= 4 is 11.9 Å². The highest BCUT2D eigenvalue weighted by Gasteiger charge is 2.06. The summed E-state index contributed by atoms with van der Waals surface area (Å²) in [5, 5.41) is 0. The van der Waals surface area contributed by atoms with Crippen LogP contribution in [0, 0.1) is 0 Å². The molecule has 0 rings (SSSR count). The Morgan fingerprint density at radius 1 is 0.958 bits per heavy atom. The Morgan fingerprint density at radius 2 is 1.62 bits per heavy atom. The van der Waals surface area contributed by atoms with Gasteiger partial charge in [-0.15, -0.1) is 0 Å². The Bertz CT molecular complexity index is 342. The molecule has 0 radical (unpaired) electrons. The fourth-order valence-corrected chi connectivity index (χ4v) is 1.91. The fraction of sp³-hybridized carbons (Fsp3) is 0.778. The van der Waals surface area contributed by atoms with Crippen LogP contribution in [0.2, 0.25) is 0 Å². The van der Waals surface area contributed by atoms with Crippen molar-refractivity contribution in [2.24, 2.45) is 0 Å². The van der Waals surface area contributed by atoms with E-state index in [1.807, 2.05) is 0 Å². The van der Waals surface area contributed by atoms with Gasteiger partial charge in [-0.1, -0.05) is 20.4 Å². The zero-order valence-corrected chi connectivity index (χ0v) is 15.1. The lowest BCUT2D eigenvalue weighted by molar-refractivity contribution is -0.143. The van der Waals surface area contributed by atoms with E-state index in [9.17, 15) is 9.59 Å². The van der Waals surface area contributed by atoms with Crippen LogP contribution in [0.4, 0.5) is 0 Å². The summed E-state index contributed by atoms with van der Waals surface area (Å²) in [6.07, 6.45) is 5.99. The molecule has 0 heterocycles. The lowest BCUT2D eigenvalue weighted by atomic mass is 10.1. The summed E-state index contributed by atoms with van der Waals surface area (Å²) in [4.78, 5) is 21.8. The zero-order valence-electron chi connectivity index (χ0n) is 15.1. The van der Waals surface area contributed by atoms with E-state index in [4.69, 9.17) is 18.9 Å². The first-order valence-electron chi connectivity index (χ1n) is 8.78. The highest BCUT2D eigenvalue weighted by molar-refractivity contribution is 5.81. The van der Waals surface area contributed by atoms with Crippen molar-refractivity contribution in [2.45, 2.75) is 58.5 Å². The molecule has 140 valence electrons. The van der Waals surface area contributed by atoms with Gasteiger partial charge in [0.05, 0.1) is 25.9 Å². The molecular formula is C18H32O6. The van der Waals surface area contributed by atoms with Crippen molar-refractivity contribution < 1.29 is 28.5 Å². The molecule has 0 amide bonds. The molecule has 0 aliphatic heterocycles. The first-order chi connectivity index (χ1) is 11.6. The van der Waals surface area contributed by atoms with Gasteiger partial charge in [-0.3, -0.25) is 4.79 Å². The highest BCUT2D eigenvalue weighted by atomic mass is 16.5. The van der Waals surface area contributed by atoms with Gasteiger partial charge in [-0.2, -0.15) is 0 Å². The van der Waals surface area contributed by atoms with Crippen LogP contribution >= 0.6 is 0 Å². The van der Waals surface area contributed by atoms with Gasteiger partial charge in [0, 0.05) is 38.6 Å². The summed E-state index contributed by atoms with van der Waals surface area (Å²) < 4.78 is 21.1. The molecule has 24 heavy (non-hydrogen) atoms. The van der Waals surface area contributed by atoms with Gasteiger partial charge in [0.2, 0.25) is 0 Å². The largest absolute Gasteiger partial charge is 0.466 e. The highest BCUT2D eigenvalue weighted by Crippen LogP contribution is 2.07. The topological polar surface area (TPSA) is 71.1 Å². The fourth-order valence-electron chi connectivity index (χ4n) is 1.91. The van der Waals surface area contributed by atoms with Crippen LogP contribution in [0.15, 0.2) is 12.7 Å². The van der Waals surface area contributed by atoms with E-state index >= 15 is 0 Å². The van der Waals surface area contributed by atoms with Crippen molar-refractivity contribution in [3.05, 3.63) is 12.7 Å². The van der Waals surface area contributed by atoms with E-state index in [0.29, 0.717) is 45.9 Å². The molecule has 0 aromatic rings. The molecule has 0 aromatic heterocycles. The second-order valence-corrected chi connectivity index (χ2v) is 5.31. The van der Waals surface area contributed by atoms with Crippen LogP contribution < -0.4 is 0 Å². The predicted octanol–water partition coefficient (Wildman–Crippen LogP) is 3.04. The quantitative estimate of drug-likeness (QED) is 0.243. The van der Waals surface area contributed by atoms with Crippen LogP contribution in [0.25, 0.3) is 0 Å². The maximum atomic E-state index is 10.9. The maximum Gasteiger partial charge on any atom is 0.330 e. The summed E-state index contributed by atoms with van der Waals surface area (Å²) in [5.74, 6) is -0.569. The van der Waals surface area contributed by atoms with Crippen molar-refractivity contribution in [1.82, 2.24) is 0 Å². The van der Waals surface area contributed by atoms with Gasteiger partial charge in [-0.25, -0.2) is 4.79 Å². The van der Waals surface area contributed by atoms with E-state index in [0.717, 1.165) is 31.8 Å². The Kier molecular flexibility index (Phi) is 15.5. The Labute approximate surface area is 145 Å². The summed E-state index contributed by atoms with van der Waals surface area (Å²) in [7, 11) is 0. The normalized spacial score (nSPS) is 11.8. The minimum Gasteiger partial charge on any atom is -0.466 e. The number of rotatable bonds is 16. The van der Waals surface area contributed by atoms with Crippen molar-refractivity contribution in [3.63, 3.8) is 0 Å². The average molecular weight is 344 g/mol. The van der Waals surface area contributed by atoms with E-state index in [1.54, 1.807) is 6.92 Å². The van der Waals surface area contributed by atoms with Crippen LogP contribution in [0.3, 0.4) is 0 Å². The van der Waals surface area contributed by atoms with Gasteiger partial charge in [-0.05, 0) is 19.3 Å². The number of hydrogen-bond donors (Lipinski definition) is 0. The summed E-state index contributed by atoms with van der Waals surface area (Å²) in [5.41, 5.74) is 0. The maximum absolute atomic E-state index is 10.9. The van der Waals surface area contributed by atoms with Gasteiger partial charge in [0.25, 0.3) is 0 Å². The number of ether oxygens (including phenoxy) is 4. The van der Waals surface area contributed by atoms with Crippen LogP contribution in [-0.2, 0) is 28.5 Å². The molecule has 1 atom stereocenters. The average Bonchev–Trinajstić information content (AvgIpc) is 2.61. The lowest BCUT2D eigenvalue weighted by Crippen LogP contribution is -2.15. The molecule has 6 heteroatoms. The third kappa shape index (κ3) is 14.2. The molecule has 0 aromatic carbocycles. The SMILES string of the molecule is C=CC(=O)OCCCOC(CC)CCCOCCCOC(=O)CC. The molecule has 0 aliphatic carbocycles. The van der Waals surface area contributed by atoms with Crippen molar-refractivity contribution in [3.8, 4) is 0 Å². The van der Waals surface area contributed by atoms with Crippen LogP contribution in [0.5, 0.6) is 0 Å². The number of hydrogen-bond acceptors (Lipinski definition) is 6. The molecule has 6 nitrogen and oxygen atoms in total. The van der Waals surface area contributed by atoms with Gasteiger partial charge in [0.15, 0.2) is 0 Å². The molecule has 0 saturated carbocycles. The van der Waals surface area contributed by atoms with Crippen LogP contribution in [0.1, 0.15) is 52.4 Å². The molecule has 0 saturated heterocycles. The van der Waals surface area contributed by atoms with Gasteiger partial charge in [0.1, 0.15) is 0 Å². The molecule has 0 fully saturated rings. The minimum absolute atomic E-state index is 0.169. The third-order valence-electron chi connectivity index (χ3n) is 3.31. The first kappa shape index (κ1) is 22.6.